The summed E-state index contributed by atoms with van der Waals surface area (Å²) in [5, 5.41) is 12.6. The molecule has 3 aromatic rings. The number of carbonyl (C=O) groups is 3. The van der Waals surface area contributed by atoms with Gasteiger partial charge in [-0.15, -0.1) is 0 Å². The summed E-state index contributed by atoms with van der Waals surface area (Å²) >= 11 is 0. The van der Waals surface area contributed by atoms with Crippen molar-refractivity contribution in [3.05, 3.63) is 88.5 Å². The second-order valence-electron chi connectivity index (χ2n) is 16.6. The zero-order valence-corrected chi connectivity index (χ0v) is 31.3. The molecule has 10 heteroatoms. The molecule has 1 aliphatic carbocycles. The highest BCUT2D eigenvalue weighted by Crippen LogP contribution is 2.44. The van der Waals surface area contributed by atoms with E-state index in [0.29, 0.717) is 42.7 Å². The van der Waals surface area contributed by atoms with E-state index in [2.05, 4.69) is 56.4 Å². The Hall–Kier alpha value is -4.41. The number of carbonyl (C=O) groups excluding carboxylic acids is 3. The van der Waals surface area contributed by atoms with Gasteiger partial charge in [-0.3, -0.25) is 24.6 Å². The van der Waals surface area contributed by atoms with Crippen LogP contribution in [-0.2, 0) is 27.5 Å². The average Bonchev–Trinajstić information content (AvgIpc) is 3.53. The van der Waals surface area contributed by atoms with Gasteiger partial charge in [-0.2, -0.15) is 0 Å². The summed E-state index contributed by atoms with van der Waals surface area (Å²) in [6, 6.07) is 20.7. The monoisotopic (exact) mass is 731 g/mol. The Kier molecular flexibility index (Phi) is 9.82. The van der Waals surface area contributed by atoms with Gasteiger partial charge >= 0.3 is 0 Å². The lowest BCUT2D eigenvalue weighted by Crippen LogP contribution is -2.52. The van der Waals surface area contributed by atoms with Crippen LogP contribution in [0.25, 0.3) is 0 Å². The fourth-order valence-corrected chi connectivity index (χ4v) is 10.3. The molecular formula is C44H53N5O5. The van der Waals surface area contributed by atoms with E-state index in [9.17, 15) is 19.5 Å². The molecule has 284 valence electrons. The normalized spacial score (nSPS) is 25.8. The summed E-state index contributed by atoms with van der Waals surface area (Å²) in [5.74, 6) is 1.03. The standard InChI is InChI=1S/C44H53N5O5/c50-36-11-13-37-33(25-36)28-54-42(31-4-2-1-3-5-31)41(37)30-6-8-34(9-7-30)47-18-16-29(17-19-47)26-46-20-22-48(23-21-46)35-10-12-38-32(24-35)27-49(44(38)53)39-14-15-40(51)45-43(39)52/h6-13,24-25,29,31,39,41-42,50H,1-5,14-23,26-28H2,(H,45,51,52)/t39-,41+,42+/m0/s1. The van der Waals surface area contributed by atoms with Crippen molar-refractivity contribution in [1.29, 1.82) is 0 Å². The van der Waals surface area contributed by atoms with E-state index in [1.165, 1.54) is 61.8 Å². The van der Waals surface area contributed by atoms with Crippen LogP contribution in [-0.4, -0.2) is 90.6 Å². The Labute approximate surface area is 318 Å². The molecule has 0 unspecified atom stereocenters. The summed E-state index contributed by atoms with van der Waals surface area (Å²) in [5.41, 5.74) is 7.81. The third-order valence-corrected chi connectivity index (χ3v) is 13.3. The molecule has 6 aliphatic rings. The quantitative estimate of drug-likeness (QED) is 0.294. The average molecular weight is 732 g/mol. The molecule has 0 bridgehead atoms. The van der Waals surface area contributed by atoms with Crippen LogP contribution in [0.3, 0.4) is 0 Å². The smallest absolute Gasteiger partial charge is 0.255 e. The number of piperazine rings is 1. The fourth-order valence-electron chi connectivity index (χ4n) is 10.3. The van der Waals surface area contributed by atoms with Crippen molar-refractivity contribution in [2.45, 2.75) is 89.0 Å². The van der Waals surface area contributed by atoms with Gasteiger partial charge in [0.25, 0.3) is 5.91 Å². The molecule has 0 spiro atoms. The minimum absolute atomic E-state index is 0.120. The third-order valence-electron chi connectivity index (χ3n) is 13.3. The van der Waals surface area contributed by atoms with Crippen LogP contribution in [0.1, 0.15) is 96.3 Å². The van der Waals surface area contributed by atoms with Crippen LogP contribution < -0.4 is 15.1 Å². The van der Waals surface area contributed by atoms with Crippen molar-refractivity contribution in [2.75, 3.05) is 55.6 Å². The van der Waals surface area contributed by atoms with Crippen molar-refractivity contribution in [2.24, 2.45) is 11.8 Å². The van der Waals surface area contributed by atoms with Gasteiger partial charge < -0.3 is 24.5 Å². The van der Waals surface area contributed by atoms with Gasteiger partial charge in [0.05, 0.1) is 12.7 Å². The van der Waals surface area contributed by atoms with Crippen LogP contribution >= 0.6 is 0 Å². The summed E-state index contributed by atoms with van der Waals surface area (Å²) in [6.07, 6.45) is 9.62. The van der Waals surface area contributed by atoms with E-state index in [1.807, 2.05) is 24.3 Å². The maximum absolute atomic E-state index is 13.2. The number of piperidine rings is 2. The Morgan fingerprint density at radius 2 is 1.48 bits per heavy atom. The number of phenolic OH excluding ortho intramolecular Hbond substituents is 1. The number of hydrogen-bond acceptors (Lipinski definition) is 8. The summed E-state index contributed by atoms with van der Waals surface area (Å²) in [7, 11) is 0. The third kappa shape index (κ3) is 6.99. The van der Waals surface area contributed by atoms with E-state index in [4.69, 9.17) is 4.74 Å². The van der Waals surface area contributed by atoms with E-state index >= 15 is 0 Å². The number of rotatable bonds is 7. The Balaban J connectivity index is 0.773. The lowest BCUT2D eigenvalue weighted by atomic mass is 9.73. The molecule has 0 radical (unpaired) electrons. The number of phenols is 1. The second-order valence-corrected chi connectivity index (χ2v) is 16.6. The molecule has 3 aromatic carbocycles. The highest BCUT2D eigenvalue weighted by atomic mass is 16.5. The number of hydrogen-bond donors (Lipinski definition) is 2. The fraction of sp³-hybridized carbons (Fsp3) is 0.523. The lowest BCUT2D eigenvalue weighted by molar-refractivity contribution is -0.136. The molecule has 3 amide bonds. The molecule has 5 heterocycles. The van der Waals surface area contributed by atoms with Crippen LogP contribution in [0.4, 0.5) is 11.4 Å². The molecule has 1 saturated carbocycles. The first-order chi connectivity index (χ1) is 26.4. The van der Waals surface area contributed by atoms with E-state index < -0.39 is 6.04 Å². The van der Waals surface area contributed by atoms with Gasteiger partial charge in [0.2, 0.25) is 11.8 Å². The van der Waals surface area contributed by atoms with Crippen LogP contribution in [0.2, 0.25) is 0 Å². The topological polar surface area (TPSA) is 106 Å². The van der Waals surface area contributed by atoms with Gasteiger partial charge in [0.15, 0.2) is 0 Å². The largest absolute Gasteiger partial charge is 0.508 e. The molecule has 4 fully saturated rings. The number of aromatic hydroxyl groups is 1. The summed E-state index contributed by atoms with van der Waals surface area (Å²) in [6.45, 7) is 8.23. The molecule has 2 N–H and O–H groups in total. The van der Waals surface area contributed by atoms with Gasteiger partial charge in [0, 0.05) is 81.6 Å². The van der Waals surface area contributed by atoms with Gasteiger partial charge in [-0.25, -0.2) is 0 Å². The Morgan fingerprint density at radius 1 is 0.741 bits per heavy atom. The first kappa shape index (κ1) is 35.3. The highest BCUT2D eigenvalue weighted by Gasteiger charge is 2.40. The zero-order valence-electron chi connectivity index (χ0n) is 31.3. The lowest BCUT2D eigenvalue weighted by Gasteiger charge is -2.41. The molecule has 3 atom stereocenters. The maximum atomic E-state index is 13.2. The molecule has 5 aliphatic heterocycles. The van der Waals surface area contributed by atoms with Gasteiger partial charge in [-0.1, -0.05) is 37.5 Å². The minimum Gasteiger partial charge on any atom is -0.508 e. The van der Waals surface area contributed by atoms with E-state index in [-0.39, 0.29) is 36.2 Å². The number of imide groups is 1. The molecule has 0 aromatic heterocycles. The number of anilines is 2. The number of nitrogens with zero attached hydrogens (tertiary/aromatic N) is 4. The first-order valence-corrected chi connectivity index (χ1v) is 20.4. The van der Waals surface area contributed by atoms with Crippen molar-refractivity contribution in [3.8, 4) is 5.75 Å². The van der Waals surface area contributed by atoms with E-state index in [0.717, 1.165) is 62.6 Å². The number of ether oxygens (including phenoxy) is 1. The molecule has 3 saturated heterocycles. The van der Waals surface area contributed by atoms with Gasteiger partial charge in [0.1, 0.15) is 11.8 Å². The minimum atomic E-state index is -0.584. The molecule has 9 rings (SSSR count). The molecule has 10 nitrogen and oxygen atoms in total. The second kappa shape index (κ2) is 15.0. The number of benzene rings is 3. The number of amides is 3. The first-order valence-electron chi connectivity index (χ1n) is 20.4. The van der Waals surface area contributed by atoms with Crippen LogP contribution in [0, 0.1) is 11.8 Å². The summed E-state index contributed by atoms with van der Waals surface area (Å²) < 4.78 is 6.60. The zero-order chi connectivity index (χ0) is 36.8. The van der Waals surface area contributed by atoms with Gasteiger partial charge in [-0.05, 0) is 109 Å². The van der Waals surface area contributed by atoms with Crippen LogP contribution in [0.15, 0.2) is 60.7 Å². The highest BCUT2D eigenvalue weighted by molar-refractivity contribution is 6.05. The molecule has 54 heavy (non-hydrogen) atoms. The Bertz CT molecular complexity index is 1880. The Morgan fingerprint density at radius 3 is 2.24 bits per heavy atom. The van der Waals surface area contributed by atoms with E-state index in [1.54, 1.807) is 4.90 Å². The number of fused-ring (bicyclic) bond motifs is 2. The molecular weight excluding hydrogens is 679 g/mol. The van der Waals surface area contributed by atoms with Crippen molar-refractivity contribution < 1.29 is 24.2 Å². The predicted octanol–water partition coefficient (Wildman–Crippen LogP) is 5.80. The van der Waals surface area contributed by atoms with Crippen molar-refractivity contribution in [1.82, 2.24) is 15.1 Å². The predicted molar refractivity (Wildman–Crippen MR) is 208 cm³/mol. The van der Waals surface area contributed by atoms with Crippen molar-refractivity contribution >= 4 is 29.1 Å². The maximum Gasteiger partial charge on any atom is 0.255 e. The SMILES string of the molecule is O=C1CC[C@H](N2Cc3cc(N4CCN(CC5CCN(c6ccc([C@@H]7c8ccc(O)cc8CO[C@@H]7C7CCCCC7)cc6)CC5)CC4)ccc3C2=O)C(=O)N1. The van der Waals surface area contributed by atoms with Crippen molar-refractivity contribution in [3.63, 3.8) is 0 Å². The summed E-state index contributed by atoms with van der Waals surface area (Å²) in [4.78, 5) is 46.5. The number of nitrogens with one attached hydrogen (secondary N) is 1. The van der Waals surface area contributed by atoms with Crippen LogP contribution in [0.5, 0.6) is 5.75 Å².